The van der Waals surface area contributed by atoms with E-state index in [-0.39, 0.29) is 11.7 Å². The number of nitrogens with one attached hydrogen (secondary N) is 1. The van der Waals surface area contributed by atoms with E-state index in [2.05, 4.69) is 10.4 Å². The Morgan fingerprint density at radius 1 is 1.38 bits per heavy atom. The highest BCUT2D eigenvalue weighted by Crippen LogP contribution is 2.19. The third-order valence-corrected chi connectivity index (χ3v) is 4.00. The molecule has 0 bridgehead atoms. The largest absolute Gasteiger partial charge is 0.311 e. The van der Waals surface area contributed by atoms with Crippen LogP contribution in [0.1, 0.15) is 18.5 Å². The molecule has 0 unspecified atom stereocenters. The molecule has 1 aromatic carbocycles. The summed E-state index contributed by atoms with van der Waals surface area (Å²) in [5.74, 6) is 1.29. The molecule has 0 saturated heterocycles. The fourth-order valence-electron chi connectivity index (χ4n) is 1.89. The highest BCUT2D eigenvalue weighted by atomic mass is 32.2. The van der Waals surface area contributed by atoms with E-state index in [0.29, 0.717) is 12.2 Å². The molecule has 4 nitrogen and oxygen atoms in total. The number of amides is 1. The second kappa shape index (κ2) is 7.26. The number of carbonyl (C=O) groups is 1. The standard InChI is InChI=1S/C15H18FN3OS/c1-11-10-14(19(2)18-11)17-15(20)4-3-9-21-13-7-5-12(16)6-8-13/h5-8,10H,3-4,9H2,1-2H3,(H,17,20). The van der Waals surface area contributed by atoms with Gasteiger partial charge < -0.3 is 5.32 Å². The lowest BCUT2D eigenvalue weighted by Gasteiger charge is -2.05. The summed E-state index contributed by atoms with van der Waals surface area (Å²) in [6.45, 7) is 1.88. The van der Waals surface area contributed by atoms with Crippen molar-refractivity contribution in [2.75, 3.05) is 11.1 Å². The summed E-state index contributed by atoms with van der Waals surface area (Å²) >= 11 is 1.62. The fraction of sp³-hybridized carbons (Fsp3) is 0.333. The number of carbonyl (C=O) groups excluding carboxylic acids is 1. The van der Waals surface area contributed by atoms with Crippen molar-refractivity contribution < 1.29 is 9.18 Å². The van der Waals surface area contributed by atoms with Crippen molar-refractivity contribution in [2.24, 2.45) is 7.05 Å². The Morgan fingerprint density at radius 2 is 2.10 bits per heavy atom. The molecule has 0 aliphatic carbocycles. The van der Waals surface area contributed by atoms with Crippen LogP contribution in [0.4, 0.5) is 10.2 Å². The zero-order valence-corrected chi connectivity index (χ0v) is 12.9. The third-order valence-electron chi connectivity index (χ3n) is 2.90. The van der Waals surface area contributed by atoms with E-state index in [0.717, 1.165) is 22.8 Å². The summed E-state index contributed by atoms with van der Waals surface area (Å²) in [6.07, 6.45) is 1.23. The molecule has 1 aromatic heterocycles. The Kier molecular flexibility index (Phi) is 5.38. The molecule has 1 amide bonds. The Balaban J connectivity index is 1.70. The first-order valence-corrected chi connectivity index (χ1v) is 7.72. The molecule has 0 radical (unpaired) electrons. The summed E-state index contributed by atoms with van der Waals surface area (Å²) in [5, 5.41) is 7.01. The van der Waals surface area contributed by atoms with Crippen LogP contribution >= 0.6 is 11.8 Å². The van der Waals surface area contributed by atoms with Crippen molar-refractivity contribution >= 4 is 23.5 Å². The number of anilines is 1. The van der Waals surface area contributed by atoms with Crippen molar-refractivity contribution in [3.05, 3.63) is 41.8 Å². The summed E-state index contributed by atoms with van der Waals surface area (Å²) in [7, 11) is 1.80. The molecule has 2 aromatic rings. The number of aryl methyl sites for hydroxylation is 2. The van der Waals surface area contributed by atoms with Gasteiger partial charge in [-0.2, -0.15) is 5.10 Å². The number of halogens is 1. The van der Waals surface area contributed by atoms with Gasteiger partial charge in [0.05, 0.1) is 5.69 Å². The molecule has 0 aliphatic heterocycles. The number of hydrogen-bond acceptors (Lipinski definition) is 3. The summed E-state index contributed by atoms with van der Waals surface area (Å²) < 4.78 is 14.4. The zero-order chi connectivity index (χ0) is 15.2. The number of nitrogens with zero attached hydrogens (tertiary/aromatic N) is 2. The van der Waals surface area contributed by atoms with Crippen LogP contribution < -0.4 is 5.32 Å². The lowest BCUT2D eigenvalue weighted by Crippen LogP contribution is -2.14. The third kappa shape index (κ3) is 4.90. The van der Waals surface area contributed by atoms with Gasteiger partial charge in [0.15, 0.2) is 0 Å². The fourth-order valence-corrected chi connectivity index (χ4v) is 2.74. The Hall–Kier alpha value is -1.82. The Labute approximate surface area is 127 Å². The quantitative estimate of drug-likeness (QED) is 0.657. The first-order chi connectivity index (χ1) is 10.0. The minimum atomic E-state index is -0.231. The van der Waals surface area contributed by atoms with Gasteiger partial charge in [-0.05, 0) is 43.4 Å². The lowest BCUT2D eigenvalue weighted by atomic mass is 10.3. The molecule has 2 rings (SSSR count). The first-order valence-electron chi connectivity index (χ1n) is 6.73. The van der Waals surface area contributed by atoms with Crippen LogP contribution in [-0.4, -0.2) is 21.4 Å². The molecule has 0 saturated carbocycles. The highest BCUT2D eigenvalue weighted by Gasteiger charge is 2.06. The summed E-state index contributed by atoms with van der Waals surface area (Å²) in [6, 6.07) is 8.22. The number of thioether (sulfide) groups is 1. The van der Waals surface area contributed by atoms with Crippen molar-refractivity contribution in [3.8, 4) is 0 Å². The molecular formula is C15H18FN3OS. The molecule has 6 heteroatoms. The van der Waals surface area contributed by atoms with Gasteiger partial charge in [0.2, 0.25) is 5.91 Å². The van der Waals surface area contributed by atoms with Gasteiger partial charge in [0.25, 0.3) is 0 Å². The van der Waals surface area contributed by atoms with Crippen LogP contribution in [0.15, 0.2) is 35.2 Å². The van der Waals surface area contributed by atoms with E-state index in [9.17, 15) is 9.18 Å². The predicted molar refractivity (Wildman–Crippen MR) is 82.9 cm³/mol. The topological polar surface area (TPSA) is 46.9 Å². The Morgan fingerprint density at radius 3 is 2.71 bits per heavy atom. The predicted octanol–water partition coefficient (Wildman–Crippen LogP) is 3.38. The number of benzene rings is 1. The van der Waals surface area contributed by atoms with Crippen LogP contribution in [-0.2, 0) is 11.8 Å². The number of rotatable bonds is 6. The monoisotopic (exact) mass is 307 g/mol. The minimum Gasteiger partial charge on any atom is -0.311 e. The van der Waals surface area contributed by atoms with Crippen LogP contribution in [0.5, 0.6) is 0 Å². The molecule has 0 atom stereocenters. The van der Waals surface area contributed by atoms with E-state index in [4.69, 9.17) is 0 Å². The molecular weight excluding hydrogens is 289 g/mol. The van der Waals surface area contributed by atoms with Gasteiger partial charge in [0.1, 0.15) is 11.6 Å². The van der Waals surface area contributed by atoms with Crippen LogP contribution in [0.3, 0.4) is 0 Å². The zero-order valence-electron chi connectivity index (χ0n) is 12.1. The van der Waals surface area contributed by atoms with E-state index in [1.165, 1.54) is 12.1 Å². The highest BCUT2D eigenvalue weighted by molar-refractivity contribution is 7.99. The average Bonchev–Trinajstić information content (AvgIpc) is 2.75. The van der Waals surface area contributed by atoms with Crippen molar-refractivity contribution in [1.29, 1.82) is 0 Å². The maximum Gasteiger partial charge on any atom is 0.225 e. The van der Waals surface area contributed by atoms with Crippen molar-refractivity contribution in [3.63, 3.8) is 0 Å². The van der Waals surface area contributed by atoms with Gasteiger partial charge in [0, 0.05) is 24.4 Å². The second-order valence-corrected chi connectivity index (χ2v) is 5.92. The lowest BCUT2D eigenvalue weighted by molar-refractivity contribution is -0.116. The van der Waals surface area contributed by atoms with Gasteiger partial charge >= 0.3 is 0 Å². The normalized spacial score (nSPS) is 10.6. The molecule has 0 spiro atoms. The van der Waals surface area contributed by atoms with Gasteiger partial charge in [-0.25, -0.2) is 4.39 Å². The summed E-state index contributed by atoms with van der Waals surface area (Å²) in [4.78, 5) is 12.8. The molecule has 112 valence electrons. The minimum absolute atomic E-state index is 0.0160. The van der Waals surface area contributed by atoms with Gasteiger partial charge in [-0.15, -0.1) is 11.8 Å². The van der Waals surface area contributed by atoms with Crippen LogP contribution in [0.25, 0.3) is 0 Å². The van der Waals surface area contributed by atoms with E-state index >= 15 is 0 Å². The van der Waals surface area contributed by atoms with Crippen LogP contribution in [0, 0.1) is 12.7 Å². The van der Waals surface area contributed by atoms with E-state index in [1.54, 1.807) is 35.6 Å². The Bertz CT molecular complexity index is 610. The van der Waals surface area contributed by atoms with E-state index < -0.39 is 0 Å². The molecule has 1 heterocycles. The van der Waals surface area contributed by atoms with Gasteiger partial charge in [-0.3, -0.25) is 9.48 Å². The molecule has 0 aliphatic rings. The van der Waals surface area contributed by atoms with E-state index in [1.807, 2.05) is 13.0 Å². The second-order valence-electron chi connectivity index (χ2n) is 4.75. The van der Waals surface area contributed by atoms with Crippen molar-refractivity contribution in [2.45, 2.75) is 24.7 Å². The molecule has 1 N–H and O–H groups in total. The SMILES string of the molecule is Cc1cc(NC(=O)CCCSc2ccc(F)cc2)n(C)n1. The maximum absolute atomic E-state index is 12.8. The van der Waals surface area contributed by atoms with Gasteiger partial charge in [-0.1, -0.05) is 0 Å². The number of aromatic nitrogens is 2. The maximum atomic E-state index is 12.8. The van der Waals surface area contributed by atoms with Crippen molar-refractivity contribution in [1.82, 2.24) is 9.78 Å². The molecule has 21 heavy (non-hydrogen) atoms. The smallest absolute Gasteiger partial charge is 0.225 e. The van der Waals surface area contributed by atoms with Crippen LogP contribution in [0.2, 0.25) is 0 Å². The molecule has 0 fully saturated rings. The number of hydrogen-bond donors (Lipinski definition) is 1. The summed E-state index contributed by atoms with van der Waals surface area (Å²) in [5.41, 5.74) is 0.875. The average molecular weight is 307 g/mol. The first kappa shape index (κ1) is 15.6.